The van der Waals surface area contributed by atoms with Gasteiger partial charge in [0.25, 0.3) is 0 Å². The molecule has 104 valence electrons. The molecule has 6 nitrogen and oxygen atoms in total. The van der Waals surface area contributed by atoms with Crippen LogP contribution in [0, 0.1) is 0 Å². The first-order valence-corrected chi connectivity index (χ1v) is 7.90. The number of hydrogen-bond donors (Lipinski definition) is 1. The van der Waals surface area contributed by atoms with Crippen LogP contribution in [0.2, 0.25) is 0 Å². The molecule has 2 rings (SSSR count). The third kappa shape index (κ3) is 3.66. The van der Waals surface area contributed by atoms with Gasteiger partial charge in [0.05, 0.1) is 11.5 Å². The van der Waals surface area contributed by atoms with Crippen molar-refractivity contribution in [1.29, 1.82) is 0 Å². The summed E-state index contributed by atoms with van der Waals surface area (Å²) in [6, 6.07) is 3.19. The number of carbonyl (C=O) groups excluding carboxylic acids is 1. The molecule has 1 atom stereocenters. The van der Waals surface area contributed by atoms with E-state index in [2.05, 4.69) is 10.3 Å². The van der Waals surface area contributed by atoms with Gasteiger partial charge < -0.3 is 10.2 Å². The summed E-state index contributed by atoms with van der Waals surface area (Å²) < 4.78 is 22.8. The molecular weight excluding hydrogens is 266 g/mol. The lowest BCUT2D eigenvalue weighted by atomic mass is 10.2. The first-order chi connectivity index (χ1) is 8.98. The van der Waals surface area contributed by atoms with Crippen LogP contribution in [-0.2, 0) is 16.4 Å². The lowest BCUT2D eigenvalue weighted by Gasteiger charge is -2.23. The molecule has 0 radical (unpaired) electrons. The standard InChI is InChI=1S/C12H17N3O3S/c1-15(11-4-6-19(17,18)9-11)12(16)14-8-10-3-2-5-13-7-10/h2-3,5,7,11H,4,6,8-9H2,1H3,(H,14,16)/t11-/m0/s1. The van der Waals surface area contributed by atoms with E-state index in [1.165, 1.54) is 4.90 Å². The van der Waals surface area contributed by atoms with Crippen LogP contribution < -0.4 is 5.32 Å². The van der Waals surface area contributed by atoms with Gasteiger partial charge in [-0.2, -0.15) is 0 Å². The summed E-state index contributed by atoms with van der Waals surface area (Å²) in [5.74, 6) is 0.224. The molecule has 19 heavy (non-hydrogen) atoms. The topological polar surface area (TPSA) is 79.4 Å². The monoisotopic (exact) mass is 283 g/mol. The Balaban J connectivity index is 1.87. The Labute approximate surface area is 112 Å². The minimum atomic E-state index is -2.97. The maximum atomic E-state index is 11.9. The molecule has 0 bridgehead atoms. The number of nitrogens with one attached hydrogen (secondary N) is 1. The van der Waals surface area contributed by atoms with Crippen molar-refractivity contribution in [2.75, 3.05) is 18.6 Å². The van der Waals surface area contributed by atoms with E-state index in [-0.39, 0.29) is 23.6 Å². The van der Waals surface area contributed by atoms with Gasteiger partial charge in [0.15, 0.2) is 9.84 Å². The highest BCUT2D eigenvalue weighted by Gasteiger charge is 2.32. The molecular formula is C12H17N3O3S. The lowest BCUT2D eigenvalue weighted by molar-refractivity contribution is 0.194. The SMILES string of the molecule is CN(C(=O)NCc1cccnc1)[C@H]1CCS(=O)(=O)C1. The molecule has 0 spiro atoms. The maximum absolute atomic E-state index is 11.9. The van der Waals surface area contributed by atoms with Crippen LogP contribution in [0.15, 0.2) is 24.5 Å². The Morgan fingerprint density at radius 2 is 2.37 bits per heavy atom. The van der Waals surface area contributed by atoms with Crippen molar-refractivity contribution in [2.45, 2.75) is 19.0 Å². The van der Waals surface area contributed by atoms with E-state index in [0.717, 1.165) is 5.56 Å². The number of pyridine rings is 1. The molecule has 0 aliphatic carbocycles. The summed E-state index contributed by atoms with van der Waals surface area (Å²) in [5.41, 5.74) is 0.906. The van der Waals surface area contributed by atoms with Crippen molar-refractivity contribution in [3.05, 3.63) is 30.1 Å². The second kappa shape index (κ2) is 5.56. The van der Waals surface area contributed by atoms with Crippen LogP contribution in [0.25, 0.3) is 0 Å². The number of rotatable bonds is 3. The molecule has 1 aliphatic heterocycles. The van der Waals surface area contributed by atoms with Gasteiger partial charge in [-0.1, -0.05) is 6.07 Å². The summed E-state index contributed by atoms with van der Waals surface area (Å²) in [4.78, 5) is 17.3. The zero-order valence-corrected chi connectivity index (χ0v) is 11.6. The Morgan fingerprint density at radius 1 is 1.58 bits per heavy atom. The second-order valence-electron chi connectivity index (χ2n) is 4.69. The van der Waals surface area contributed by atoms with Crippen LogP contribution in [0.4, 0.5) is 4.79 Å². The number of urea groups is 1. The van der Waals surface area contributed by atoms with Crippen LogP contribution in [0.5, 0.6) is 0 Å². The van der Waals surface area contributed by atoms with E-state index in [9.17, 15) is 13.2 Å². The molecule has 0 aromatic carbocycles. The van der Waals surface area contributed by atoms with Crippen LogP contribution in [0.1, 0.15) is 12.0 Å². The molecule has 1 fully saturated rings. The minimum absolute atomic E-state index is 0.0593. The average molecular weight is 283 g/mol. The van der Waals surface area contributed by atoms with Gasteiger partial charge in [-0.25, -0.2) is 13.2 Å². The van der Waals surface area contributed by atoms with E-state index in [1.807, 2.05) is 6.07 Å². The Bertz CT molecular complexity index is 545. The average Bonchev–Trinajstić information content (AvgIpc) is 2.76. The highest BCUT2D eigenvalue weighted by Crippen LogP contribution is 2.16. The van der Waals surface area contributed by atoms with E-state index in [0.29, 0.717) is 13.0 Å². The molecule has 1 saturated heterocycles. The normalized spacial score (nSPS) is 21.0. The molecule has 1 aromatic rings. The highest BCUT2D eigenvalue weighted by atomic mass is 32.2. The number of aromatic nitrogens is 1. The van der Waals surface area contributed by atoms with Gasteiger partial charge in [0, 0.05) is 32.0 Å². The fourth-order valence-corrected chi connectivity index (χ4v) is 3.83. The first kappa shape index (κ1) is 13.8. The zero-order chi connectivity index (χ0) is 13.9. The predicted octanol–water partition coefficient (Wildman–Crippen LogP) is 0.410. The summed E-state index contributed by atoms with van der Waals surface area (Å²) in [6.07, 6.45) is 3.86. The predicted molar refractivity (Wildman–Crippen MR) is 71.3 cm³/mol. The van der Waals surface area contributed by atoms with Gasteiger partial charge in [-0.15, -0.1) is 0 Å². The highest BCUT2D eigenvalue weighted by molar-refractivity contribution is 7.91. The molecule has 1 N–H and O–H groups in total. The third-order valence-corrected chi connectivity index (χ3v) is 4.99. The summed E-state index contributed by atoms with van der Waals surface area (Å²) in [6.45, 7) is 0.385. The van der Waals surface area contributed by atoms with Gasteiger partial charge >= 0.3 is 6.03 Å². The molecule has 0 unspecified atom stereocenters. The van der Waals surface area contributed by atoms with Crippen molar-refractivity contribution in [2.24, 2.45) is 0 Å². The molecule has 1 aliphatic rings. The van der Waals surface area contributed by atoms with Crippen molar-refractivity contribution < 1.29 is 13.2 Å². The van der Waals surface area contributed by atoms with Crippen LogP contribution in [0.3, 0.4) is 0 Å². The first-order valence-electron chi connectivity index (χ1n) is 6.08. The number of amides is 2. The van der Waals surface area contributed by atoms with Crippen LogP contribution in [-0.4, -0.2) is 48.9 Å². The number of nitrogens with zero attached hydrogens (tertiary/aromatic N) is 2. The third-order valence-electron chi connectivity index (χ3n) is 3.24. The fraction of sp³-hybridized carbons (Fsp3) is 0.500. The Kier molecular flexibility index (Phi) is 4.04. The summed E-state index contributed by atoms with van der Waals surface area (Å²) in [5, 5.41) is 2.76. The number of hydrogen-bond acceptors (Lipinski definition) is 4. The summed E-state index contributed by atoms with van der Waals surface area (Å²) in [7, 11) is -1.34. The van der Waals surface area contributed by atoms with Crippen LogP contribution >= 0.6 is 0 Å². The maximum Gasteiger partial charge on any atom is 0.317 e. The largest absolute Gasteiger partial charge is 0.334 e. The molecule has 7 heteroatoms. The van der Waals surface area contributed by atoms with Gasteiger partial charge in [0.1, 0.15) is 0 Å². The van der Waals surface area contributed by atoms with Gasteiger partial charge in [-0.05, 0) is 18.1 Å². The van der Waals surface area contributed by atoms with E-state index in [4.69, 9.17) is 0 Å². The van der Waals surface area contributed by atoms with Crippen molar-refractivity contribution in [3.8, 4) is 0 Å². The smallest absolute Gasteiger partial charge is 0.317 e. The quantitative estimate of drug-likeness (QED) is 0.871. The number of sulfone groups is 1. The zero-order valence-electron chi connectivity index (χ0n) is 10.7. The van der Waals surface area contributed by atoms with Crippen molar-refractivity contribution in [1.82, 2.24) is 15.2 Å². The fourth-order valence-electron chi connectivity index (χ4n) is 2.05. The Morgan fingerprint density at radius 3 is 2.95 bits per heavy atom. The van der Waals surface area contributed by atoms with Gasteiger partial charge in [0.2, 0.25) is 0 Å². The van der Waals surface area contributed by atoms with Crippen molar-refractivity contribution in [3.63, 3.8) is 0 Å². The van der Waals surface area contributed by atoms with E-state index in [1.54, 1.807) is 25.5 Å². The van der Waals surface area contributed by atoms with Gasteiger partial charge in [-0.3, -0.25) is 4.98 Å². The molecule has 0 saturated carbocycles. The van der Waals surface area contributed by atoms with E-state index >= 15 is 0 Å². The molecule has 1 aromatic heterocycles. The summed E-state index contributed by atoms with van der Waals surface area (Å²) >= 11 is 0. The number of carbonyl (C=O) groups is 1. The second-order valence-corrected chi connectivity index (χ2v) is 6.92. The lowest BCUT2D eigenvalue weighted by Crippen LogP contribution is -2.43. The van der Waals surface area contributed by atoms with Crippen molar-refractivity contribution >= 4 is 15.9 Å². The minimum Gasteiger partial charge on any atom is -0.334 e. The Hall–Kier alpha value is -1.63. The molecule has 2 amide bonds. The van der Waals surface area contributed by atoms with E-state index < -0.39 is 9.84 Å². The molecule has 2 heterocycles.